The van der Waals surface area contributed by atoms with Crippen LogP contribution in [-0.4, -0.2) is 17.3 Å². The average Bonchev–Trinajstić information content (AvgIpc) is 2.64. The molecule has 5 nitrogen and oxygen atoms in total. The molecule has 2 atom stereocenters. The molecule has 80 valence electrons. The van der Waals surface area contributed by atoms with Crippen molar-refractivity contribution in [3.63, 3.8) is 0 Å². The van der Waals surface area contributed by atoms with E-state index >= 15 is 0 Å². The minimum Gasteiger partial charge on any atom is -0.374 e. The van der Waals surface area contributed by atoms with E-state index in [1.165, 1.54) is 0 Å². The molecular weight excluding hydrogens is 182 g/mol. The Morgan fingerprint density at radius 2 is 2.00 bits per heavy atom. The first-order valence-corrected chi connectivity index (χ1v) is 4.68. The fourth-order valence-electron chi connectivity index (χ4n) is 0.938. The van der Waals surface area contributed by atoms with Crippen LogP contribution >= 0.6 is 0 Å². The third-order valence-electron chi connectivity index (χ3n) is 2.18. The number of methoxy groups -OCH3 is 1. The van der Waals surface area contributed by atoms with Crippen molar-refractivity contribution in [2.24, 2.45) is 11.7 Å². The van der Waals surface area contributed by atoms with Crippen LogP contribution in [0.15, 0.2) is 4.52 Å². The van der Waals surface area contributed by atoms with E-state index in [1.807, 2.05) is 20.8 Å². The first-order valence-electron chi connectivity index (χ1n) is 4.68. The monoisotopic (exact) mass is 199 g/mol. The number of ether oxygens (including phenoxy) is 1. The summed E-state index contributed by atoms with van der Waals surface area (Å²) >= 11 is 0. The van der Waals surface area contributed by atoms with Crippen molar-refractivity contribution in [2.45, 2.75) is 32.9 Å². The molecule has 0 amide bonds. The van der Waals surface area contributed by atoms with Crippen molar-refractivity contribution in [2.75, 3.05) is 7.11 Å². The molecule has 0 aliphatic rings. The van der Waals surface area contributed by atoms with Crippen LogP contribution in [-0.2, 0) is 4.74 Å². The second-order valence-electron chi connectivity index (χ2n) is 3.64. The van der Waals surface area contributed by atoms with Gasteiger partial charge in [-0.3, -0.25) is 0 Å². The largest absolute Gasteiger partial charge is 0.374 e. The van der Waals surface area contributed by atoms with Crippen molar-refractivity contribution in [1.29, 1.82) is 0 Å². The Hall–Kier alpha value is -0.940. The summed E-state index contributed by atoms with van der Waals surface area (Å²) < 4.78 is 10.1. The highest BCUT2D eigenvalue weighted by molar-refractivity contribution is 4.94. The zero-order chi connectivity index (χ0) is 10.7. The molecule has 0 saturated carbocycles. The van der Waals surface area contributed by atoms with Crippen molar-refractivity contribution in [3.8, 4) is 0 Å². The van der Waals surface area contributed by atoms with Gasteiger partial charge >= 0.3 is 0 Å². The summed E-state index contributed by atoms with van der Waals surface area (Å²) in [7, 11) is 1.60. The molecule has 0 aromatic carbocycles. The van der Waals surface area contributed by atoms with E-state index in [9.17, 15) is 0 Å². The Bertz CT molecular complexity index is 285. The lowest BCUT2D eigenvalue weighted by Gasteiger charge is -2.09. The zero-order valence-corrected chi connectivity index (χ0v) is 9.02. The third kappa shape index (κ3) is 2.30. The Labute approximate surface area is 83.6 Å². The van der Waals surface area contributed by atoms with Crippen LogP contribution in [0, 0.1) is 5.92 Å². The second-order valence-corrected chi connectivity index (χ2v) is 3.64. The zero-order valence-electron chi connectivity index (χ0n) is 9.02. The summed E-state index contributed by atoms with van der Waals surface area (Å²) in [6, 6.07) is -0.208. The van der Waals surface area contributed by atoms with Crippen LogP contribution in [0.25, 0.3) is 0 Å². The van der Waals surface area contributed by atoms with E-state index < -0.39 is 0 Å². The minimum atomic E-state index is -0.208. The first-order chi connectivity index (χ1) is 6.56. The Balaban J connectivity index is 2.77. The fourth-order valence-corrected chi connectivity index (χ4v) is 0.938. The summed E-state index contributed by atoms with van der Waals surface area (Å²) in [5, 5.41) is 3.80. The number of rotatable bonds is 4. The maximum absolute atomic E-state index is 5.86. The number of hydrogen-bond donors (Lipinski definition) is 1. The Kier molecular flexibility index (Phi) is 3.60. The summed E-state index contributed by atoms with van der Waals surface area (Å²) in [4.78, 5) is 4.17. The lowest BCUT2D eigenvalue weighted by atomic mass is 10.1. The minimum absolute atomic E-state index is 0.160. The predicted octanol–water partition coefficient (Wildman–Crippen LogP) is 1.43. The molecule has 0 aliphatic carbocycles. The lowest BCUT2D eigenvalue weighted by Crippen LogP contribution is -2.17. The fraction of sp³-hybridized carbons (Fsp3) is 0.778. The van der Waals surface area contributed by atoms with E-state index in [4.69, 9.17) is 15.0 Å². The van der Waals surface area contributed by atoms with E-state index in [0.717, 1.165) is 0 Å². The average molecular weight is 199 g/mol. The van der Waals surface area contributed by atoms with Gasteiger partial charge in [-0.1, -0.05) is 19.0 Å². The summed E-state index contributed by atoms with van der Waals surface area (Å²) in [6.45, 7) is 5.87. The molecule has 0 bridgehead atoms. The second kappa shape index (κ2) is 4.52. The van der Waals surface area contributed by atoms with Crippen LogP contribution < -0.4 is 5.73 Å². The van der Waals surface area contributed by atoms with Gasteiger partial charge in [-0.25, -0.2) is 0 Å². The SMILES string of the molecule is COC(C)c1noc([C@H](N)C(C)C)n1. The van der Waals surface area contributed by atoms with Gasteiger partial charge in [0.25, 0.3) is 0 Å². The van der Waals surface area contributed by atoms with Gasteiger partial charge in [0, 0.05) is 7.11 Å². The van der Waals surface area contributed by atoms with Gasteiger partial charge in [-0.2, -0.15) is 4.98 Å². The molecule has 2 N–H and O–H groups in total. The van der Waals surface area contributed by atoms with Gasteiger partial charge < -0.3 is 15.0 Å². The summed E-state index contributed by atoms with van der Waals surface area (Å²) in [6.07, 6.45) is -0.160. The van der Waals surface area contributed by atoms with Crippen molar-refractivity contribution < 1.29 is 9.26 Å². The number of hydrogen-bond acceptors (Lipinski definition) is 5. The molecule has 5 heteroatoms. The van der Waals surface area contributed by atoms with Gasteiger partial charge in [-0.15, -0.1) is 0 Å². The van der Waals surface area contributed by atoms with Crippen LogP contribution in [0.4, 0.5) is 0 Å². The number of nitrogens with zero attached hydrogens (tertiary/aromatic N) is 2. The number of nitrogens with two attached hydrogens (primary N) is 1. The van der Waals surface area contributed by atoms with Gasteiger partial charge in [0.05, 0.1) is 6.04 Å². The Morgan fingerprint density at radius 3 is 2.50 bits per heavy atom. The topological polar surface area (TPSA) is 74.2 Å². The smallest absolute Gasteiger partial charge is 0.243 e. The summed E-state index contributed by atoms with van der Waals surface area (Å²) in [5.74, 6) is 1.29. The van der Waals surface area contributed by atoms with Crippen LogP contribution in [0.2, 0.25) is 0 Å². The van der Waals surface area contributed by atoms with Crippen molar-refractivity contribution >= 4 is 0 Å². The molecule has 1 rings (SSSR count). The van der Waals surface area contributed by atoms with Crippen molar-refractivity contribution in [3.05, 3.63) is 11.7 Å². The molecule has 0 saturated heterocycles. The Morgan fingerprint density at radius 1 is 1.36 bits per heavy atom. The van der Waals surface area contributed by atoms with Gasteiger partial charge in [0.1, 0.15) is 6.10 Å². The number of aromatic nitrogens is 2. The standard InChI is InChI=1S/C9H17N3O2/c1-5(2)7(10)9-11-8(12-14-9)6(3)13-4/h5-7H,10H2,1-4H3/t6?,7-/m1/s1. The van der Waals surface area contributed by atoms with E-state index in [0.29, 0.717) is 11.7 Å². The molecule has 0 spiro atoms. The highest BCUT2D eigenvalue weighted by Gasteiger charge is 2.20. The highest BCUT2D eigenvalue weighted by Crippen LogP contribution is 2.19. The highest BCUT2D eigenvalue weighted by atomic mass is 16.5. The van der Waals surface area contributed by atoms with E-state index in [1.54, 1.807) is 7.11 Å². The van der Waals surface area contributed by atoms with Gasteiger partial charge in [0.15, 0.2) is 5.82 Å². The van der Waals surface area contributed by atoms with Crippen molar-refractivity contribution in [1.82, 2.24) is 10.1 Å². The third-order valence-corrected chi connectivity index (χ3v) is 2.18. The predicted molar refractivity (Wildman–Crippen MR) is 51.5 cm³/mol. The quantitative estimate of drug-likeness (QED) is 0.794. The van der Waals surface area contributed by atoms with E-state index in [2.05, 4.69) is 10.1 Å². The molecule has 0 aliphatic heterocycles. The summed E-state index contributed by atoms with van der Waals surface area (Å²) in [5.41, 5.74) is 5.86. The first kappa shape index (κ1) is 11.1. The van der Waals surface area contributed by atoms with Crippen LogP contribution in [0.5, 0.6) is 0 Å². The van der Waals surface area contributed by atoms with E-state index in [-0.39, 0.29) is 18.1 Å². The molecule has 0 fully saturated rings. The maximum atomic E-state index is 5.86. The molecule has 1 aromatic rings. The van der Waals surface area contributed by atoms with Crippen LogP contribution in [0.1, 0.15) is 44.6 Å². The lowest BCUT2D eigenvalue weighted by molar-refractivity contribution is 0.109. The molecule has 1 heterocycles. The normalized spacial score (nSPS) is 15.9. The van der Waals surface area contributed by atoms with Gasteiger partial charge in [-0.05, 0) is 12.8 Å². The maximum Gasteiger partial charge on any atom is 0.243 e. The molecular formula is C9H17N3O2. The van der Waals surface area contributed by atoms with Gasteiger partial charge in [0.2, 0.25) is 5.89 Å². The van der Waals surface area contributed by atoms with Crippen LogP contribution in [0.3, 0.4) is 0 Å². The molecule has 0 radical (unpaired) electrons. The molecule has 14 heavy (non-hydrogen) atoms. The molecule has 1 unspecified atom stereocenters. The molecule has 1 aromatic heterocycles.